The van der Waals surface area contributed by atoms with Gasteiger partial charge in [0, 0.05) is 26.3 Å². The maximum absolute atomic E-state index is 12.4. The van der Waals surface area contributed by atoms with Crippen molar-refractivity contribution >= 4 is 0 Å². The molecular formula is C6H12FNO. The molecule has 0 saturated carbocycles. The van der Waals surface area contributed by atoms with E-state index in [9.17, 15) is 4.48 Å². The predicted octanol–water partition coefficient (Wildman–Crippen LogP) is 0.982. The van der Waals surface area contributed by atoms with Crippen LogP contribution in [0.25, 0.3) is 0 Å². The molecule has 0 aromatic heterocycles. The van der Waals surface area contributed by atoms with Crippen molar-refractivity contribution in [2.24, 2.45) is 0 Å². The molecule has 0 aliphatic carbocycles. The van der Waals surface area contributed by atoms with E-state index in [0.29, 0.717) is 13.2 Å². The Kier molecular flexibility index (Phi) is 2.42. The van der Waals surface area contributed by atoms with Crippen molar-refractivity contribution < 1.29 is 9.22 Å². The van der Waals surface area contributed by atoms with E-state index in [1.807, 2.05) is 0 Å². The molecule has 54 valence electrons. The first-order valence-electron chi connectivity index (χ1n) is 3.27. The van der Waals surface area contributed by atoms with Crippen LogP contribution in [0, 0.1) is 0 Å². The van der Waals surface area contributed by atoms with Gasteiger partial charge in [0.1, 0.15) is 0 Å². The summed E-state index contributed by atoms with van der Waals surface area (Å²) in [5.41, 5.74) is 0. The molecule has 1 heterocycles. The van der Waals surface area contributed by atoms with E-state index in [-0.39, 0.29) is 6.04 Å². The summed E-state index contributed by atoms with van der Waals surface area (Å²) in [7, 11) is 1.47. The van der Waals surface area contributed by atoms with Gasteiger partial charge in [-0.3, -0.25) is 0 Å². The molecule has 0 radical (unpaired) electrons. The van der Waals surface area contributed by atoms with E-state index in [2.05, 4.69) is 0 Å². The topological polar surface area (TPSA) is 12.5 Å². The minimum Gasteiger partial charge on any atom is -0.381 e. The van der Waals surface area contributed by atoms with Crippen LogP contribution in [0.15, 0.2) is 0 Å². The summed E-state index contributed by atoms with van der Waals surface area (Å²) in [5, 5.41) is 0.780. The summed E-state index contributed by atoms with van der Waals surface area (Å²) in [6.07, 6.45) is 1.65. The SMILES string of the molecule is CN(F)C1CCOCC1. The van der Waals surface area contributed by atoms with Gasteiger partial charge in [-0.05, 0) is 12.8 Å². The minimum absolute atomic E-state index is 0.0961. The van der Waals surface area contributed by atoms with Gasteiger partial charge in [-0.1, -0.05) is 0 Å². The van der Waals surface area contributed by atoms with Crippen LogP contribution in [-0.2, 0) is 4.74 Å². The standard InChI is InChI=1S/C6H12FNO/c1-8(7)6-2-4-9-5-3-6/h6H,2-5H2,1H3. The third-order valence-electron chi connectivity index (χ3n) is 1.69. The molecule has 1 aliphatic heterocycles. The third-order valence-corrected chi connectivity index (χ3v) is 1.69. The van der Waals surface area contributed by atoms with Crippen molar-refractivity contribution in [2.75, 3.05) is 20.3 Å². The molecule has 9 heavy (non-hydrogen) atoms. The van der Waals surface area contributed by atoms with Gasteiger partial charge >= 0.3 is 0 Å². The second-order valence-electron chi connectivity index (χ2n) is 2.37. The summed E-state index contributed by atoms with van der Waals surface area (Å²) in [6.45, 7) is 1.41. The first kappa shape index (κ1) is 6.96. The minimum atomic E-state index is 0.0961. The van der Waals surface area contributed by atoms with Crippen LogP contribution in [0.3, 0.4) is 0 Å². The number of ether oxygens (including phenoxy) is 1. The maximum Gasteiger partial charge on any atom is 0.0481 e. The quantitative estimate of drug-likeness (QED) is 0.494. The molecule has 3 heteroatoms. The fourth-order valence-corrected chi connectivity index (χ4v) is 1.04. The molecule has 0 spiro atoms. The van der Waals surface area contributed by atoms with Crippen LogP contribution in [-0.4, -0.2) is 31.4 Å². The van der Waals surface area contributed by atoms with Gasteiger partial charge in [-0.25, -0.2) is 0 Å². The van der Waals surface area contributed by atoms with Gasteiger partial charge in [0.05, 0.1) is 0 Å². The molecular weight excluding hydrogens is 121 g/mol. The number of rotatable bonds is 1. The molecule has 1 rings (SSSR count). The van der Waals surface area contributed by atoms with E-state index in [0.717, 1.165) is 18.0 Å². The van der Waals surface area contributed by atoms with Crippen LogP contribution in [0.1, 0.15) is 12.8 Å². The number of nitrogens with zero attached hydrogens (tertiary/aromatic N) is 1. The van der Waals surface area contributed by atoms with E-state index in [4.69, 9.17) is 4.74 Å². The van der Waals surface area contributed by atoms with Crippen molar-refractivity contribution in [3.05, 3.63) is 0 Å². The van der Waals surface area contributed by atoms with E-state index < -0.39 is 0 Å². The lowest BCUT2D eigenvalue weighted by atomic mass is 10.1. The summed E-state index contributed by atoms with van der Waals surface area (Å²) in [5.74, 6) is 0. The lowest BCUT2D eigenvalue weighted by Gasteiger charge is -2.24. The molecule has 0 atom stereocenters. The molecule has 0 aromatic rings. The van der Waals surface area contributed by atoms with Crippen LogP contribution in [0.4, 0.5) is 4.48 Å². The highest BCUT2D eigenvalue weighted by Gasteiger charge is 2.17. The van der Waals surface area contributed by atoms with Crippen LogP contribution >= 0.6 is 0 Å². The Morgan fingerprint density at radius 3 is 2.33 bits per heavy atom. The molecule has 0 aromatic carbocycles. The smallest absolute Gasteiger partial charge is 0.0481 e. The Labute approximate surface area is 54.5 Å². The molecule has 0 unspecified atom stereocenters. The lowest BCUT2D eigenvalue weighted by molar-refractivity contribution is -0.0454. The largest absolute Gasteiger partial charge is 0.381 e. The summed E-state index contributed by atoms with van der Waals surface area (Å²) >= 11 is 0. The Bertz CT molecular complexity index is 81.1. The van der Waals surface area contributed by atoms with Crippen LogP contribution in [0.2, 0.25) is 0 Å². The molecule has 1 fully saturated rings. The van der Waals surface area contributed by atoms with Gasteiger partial charge in [0.2, 0.25) is 0 Å². The zero-order valence-electron chi connectivity index (χ0n) is 5.64. The van der Waals surface area contributed by atoms with E-state index in [1.165, 1.54) is 7.05 Å². The van der Waals surface area contributed by atoms with Gasteiger partial charge < -0.3 is 4.74 Å². The molecule has 2 nitrogen and oxygen atoms in total. The lowest BCUT2D eigenvalue weighted by Crippen LogP contribution is -2.31. The first-order valence-corrected chi connectivity index (χ1v) is 3.27. The van der Waals surface area contributed by atoms with E-state index >= 15 is 0 Å². The average molecular weight is 133 g/mol. The normalized spacial score (nSPS) is 23.0. The fraction of sp³-hybridized carbons (Fsp3) is 1.00. The average Bonchev–Trinajstić information content (AvgIpc) is 1.90. The van der Waals surface area contributed by atoms with Crippen LogP contribution < -0.4 is 0 Å². The highest BCUT2D eigenvalue weighted by Crippen LogP contribution is 2.11. The number of hydrogen-bond donors (Lipinski definition) is 0. The van der Waals surface area contributed by atoms with Gasteiger partial charge in [-0.15, -0.1) is 9.60 Å². The Morgan fingerprint density at radius 2 is 2.00 bits per heavy atom. The first-order chi connectivity index (χ1) is 4.30. The Hall–Kier alpha value is -0.150. The molecule has 0 bridgehead atoms. The molecule has 1 aliphatic rings. The van der Waals surface area contributed by atoms with Crippen molar-refractivity contribution in [1.29, 1.82) is 0 Å². The van der Waals surface area contributed by atoms with Crippen molar-refractivity contribution in [3.63, 3.8) is 0 Å². The van der Waals surface area contributed by atoms with Crippen molar-refractivity contribution in [2.45, 2.75) is 18.9 Å². The van der Waals surface area contributed by atoms with Crippen LogP contribution in [0.5, 0.6) is 0 Å². The van der Waals surface area contributed by atoms with Crippen molar-refractivity contribution in [1.82, 2.24) is 5.12 Å². The molecule has 0 amide bonds. The maximum atomic E-state index is 12.4. The second kappa shape index (κ2) is 3.13. The van der Waals surface area contributed by atoms with E-state index in [1.54, 1.807) is 0 Å². The third kappa shape index (κ3) is 1.91. The Morgan fingerprint density at radius 1 is 1.44 bits per heavy atom. The highest BCUT2D eigenvalue weighted by atomic mass is 19.2. The fourth-order valence-electron chi connectivity index (χ4n) is 1.04. The number of hydrogen-bond acceptors (Lipinski definition) is 2. The monoisotopic (exact) mass is 133 g/mol. The zero-order chi connectivity index (χ0) is 6.69. The Balaban J connectivity index is 2.23. The second-order valence-corrected chi connectivity index (χ2v) is 2.37. The summed E-state index contributed by atoms with van der Waals surface area (Å²) in [6, 6.07) is 0.0961. The van der Waals surface area contributed by atoms with Gasteiger partial charge in [0.15, 0.2) is 0 Å². The summed E-state index contributed by atoms with van der Waals surface area (Å²) < 4.78 is 17.4. The molecule has 0 N–H and O–H groups in total. The highest BCUT2D eigenvalue weighted by molar-refractivity contribution is 4.66. The van der Waals surface area contributed by atoms with Gasteiger partial charge in [-0.2, -0.15) is 0 Å². The predicted molar refractivity (Wildman–Crippen MR) is 32.7 cm³/mol. The van der Waals surface area contributed by atoms with Crippen molar-refractivity contribution in [3.8, 4) is 0 Å². The summed E-state index contributed by atoms with van der Waals surface area (Å²) in [4.78, 5) is 0. The zero-order valence-corrected chi connectivity index (χ0v) is 5.64. The number of halogens is 1. The molecule has 1 saturated heterocycles. The van der Waals surface area contributed by atoms with Gasteiger partial charge in [0.25, 0.3) is 0 Å².